The number of para-hydroxylation sites is 2. The fraction of sp³-hybridized carbons (Fsp3) is 0.300. The molecule has 8 nitrogen and oxygen atoms in total. The Hall–Kier alpha value is -4.17. The molecule has 38 heavy (non-hydrogen) atoms. The highest BCUT2D eigenvalue weighted by Gasteiger charge is 2.81. The van der Waals surface area contributed by atoms with Crippen LogP contribution in [-0.2, 0) is 20.5 Å². The number of ether oxygens (including phenoxy) is 2. The summed E-state index contributed by atoms with van der Waals surface area (Å²) in [5, 5.41) is 6.21. The van der Waals surface area contributed by atoms with E-state index in [4.69, 9.17) is 9.47 Å². The second-order valence-corrected chi connectivity index (χ2v) is 10.8. The van der Waals surface area contributed by atoms with Crippen LogP contribution in [0, 0.1) is 12.8 Å². The molecule has 0 unspecified atom stereocenters. The van der Waals surface area contributed by atoms with E-state index < -0.39 is 16.9 Å². The summed E-state index contributed by atoms with van der Waals surface area (Å²) in [6, 6.07) is 18.2. The van der Waals surface area contributed by atoms with Crippen LogP contribution in [0.5, 0.6) is 11.5 Å². The monoisotopic (exact) mass is 507 g/mol. The van der Waals surface area contributed by atoms with Gasteiger partial charge in [-0.2, -0.15) is 0 Å². The summed E-state index contributed by atoms with van der Waals surface area (Å²) in [7, 11) is 0. The maximum atomic E-state index is 14.7. The van der Waals surface area contributed by atoms with Gasteiger partial charge in [0.15, 0.2) is 17.3 Å². The fourth-order valence-electron chi connectivity index (χ4n) is 7.98. The molecule has 0 aromatic heterocycles. The lowest BCUT2D eigenvalue weighted by molar-refractivity contribution is -0.137. The van der Waals surface area contributed by atoms with Crippen LogP contribution < -0.4 is 20.1 Å². The van der Waals surface area contributed by atoms with Gasteiger partial charge in [-0.25, -0.2) is 0 Å². The average Bonchev–Trinajstić information content (AvgIpc) is 3.71. The number of rotatable bonds is 2. The Balaban J connectivity index is 1.45. The fourth-order valence-corrected chi connectivity index (χ4v) is 7.98. The molecule has 3 aromatic carbocycles. The van der Waals surface area contributed by atoms with E-state index >= 15 is 0 Å². The number of anilines is 2. The summed E-state index contributed by atoms with van der Waals surface area (Å²) in [5.41, 5.74) is 1.41. The maximum absolute atomic E-state index is 14.7. The number of benzene rings is 3. The van der Waals surface area contributed by atoms with Crippen LogP contribution >= 0.6 is 0 Å². The lowest BCUT2D eigenvalue weighted by Gasteiger charge is -2.43. The molecule has 0 saturated carbocycles. The minimum Gasteiger partial charge on any atom is -0.454 e. The Morgan fingerprint density at radius 3 is 2.66 bits per heavy atom. The van der Waals surface area contributed by atoms with Gasteiger partial charge in [-0.15, -0.1) is 0 Å². The van der Waals surface area contributed by atoms with Gasteiger partial charge >= 0.3 is 0 Å². The van der Waals surface area contributed by atoms with Crippen molar-refractivity contribution >= 4 is 29.0 Å². The van der Waals surface area contributed by atoms with Crippen molar-refractivity contribution in [2.24, 2.45) is 5.92 Å². The number of hydrogen-bond acceptors (Lipinski definition) is 6. The van der Waals surface area contributed by atoms with Crippen LogP contribution in [0.4, 0.5) is 11.4 Å². The number of hydrogen-bond donors (Lipinski definition) is 2. The smallest absolute Gasteiger partial charge is 0.251 e. The standard InChI is InChI=1S/C30H25N3O5/c1-16-6-4-8-19-25(16)32-28(36)30(19)29(18-7-2-3-9-20(18)31-27(29)35)24(21-10-5-13-33(21)30)26(34)17-11-12-22-23(14-17)38-15-37-22/h2-4,6-9,11-12,14,21,24H,5,10,13,15H2,1H3,(H,31,35)(H,32,36)/t21-,24+,29+,30+/m1/s1. The van der Waals surface area contributed by atoms with Gasteiger partial charge in [-0.1, -0.05) is 36.4 Å². The third-order valence-electron chi connectivity index (χ3n) is 9.28. The van der Waals surface area contributed by atoms with Crippen LogP contribution in [0.25, 0.3) is 0 Å². The zero-order valence-corrected chi connectivity index (χ0v) is 20.7. The van der Waals surface area contributed by atoms with Crippen LogP contribution in [-0.4, -0.2) is 41.9 Å². The van der Waals surface area contributed by atoms with E-state index in [2.05, 4.69) is 15.5 Å². The molecule has 2 N–H and O–H groups in total. The number of carbonyl (C=O) groups excluding carboxylic acids is 3. The quantitative estimate of drug-likeness (QED) is 0.513. The summed E-state index contributed by atoms with van der Waals surface area (Å²) < 4.78 is 11.0. The van der Waals surface area contributed by atoms with Crippen LogP contribution in [0.2, 0.25) is 0 Å². The predicted molar refractivity (Wildman–Crippen MR) is 138 cm³/mol. The number of nitrogens with one attached hydrogen (secondary N) is 2. The van der Waals surface area contributed by atoms with E-state index in [1.807, 2.05) is 49.4 Å². The number of carbonyl (C=O) groups is 3. The van der Waals surface area contributed by atoms with Crippen molar-refractivity contribution in [1.29, 1.82) is 0 Å². The largest absolute Gasteiger partial charge is 0.454 e. The summed E-state index contributed by atoms with van der Waals surface area (Å²) in [6.45, 7) is 2.68. The Kier molecular flexibility index (Phi) is 4.16. The van der Waals surface area contributed by atoms with Crippen molar-refractivity contribution < 1.29 is 23.9 Å². The van der Waals surface area contributed by atoms with E-state index in [9.17, 15) is 14.4 Å². The molecule has 0 aliphatic carbocycles. The topological polar surface area (TPSA) is 97.0 Å². The van der Waals surface area contributed by atoms with Crippen molar-refractivity contribution in [3.05, 3.63) is 82.9 Å². The van der Waals surface area contributed by atoms with E-state index in [0.717, 1.165) is 23.2 Å². The molecule has 5 aliphatic heterocycles. The Morgan fingerprint density at radius 2 is 1.76 bits per heavy atom. The molecule has 5 aliphatic rings. The molecule has 8 heteroatoms. The molecule has 2 amide bonds. The zero-order chi connectivity index (χ0) is 25.8. The number of fused-ring (bicyclic) bond motifs is 8. The number of nitrogens with zero attached hydrogens (tertiary/aromatic N) is 1. The molecule has 2 spiro atoms. The minimum atomic E-state index is -1.45. The second-order valence-electron chi connectivity index (χ2n) is 10.8. The average molecular weight is 508 g/mol. The van der Waals surface area contributed by atoms with Crippen molar-refractivity contribution in [2.75, 3.05) is 24.0 Å². The predicted octanol–water partition coefficient (Wildman–Crippen LogP) is 3.74. The molecule has 4 atom stereocenters. The van der Waals surface area contributed by atoms with Gasteiger partial charge in [-0.05, 0) is 61.7 Å². The van der Waals surface area contributed by atoms with E-state index in [1.165, 1.54) is 0 Å². The third-order valence-corrected chi connectivity index (χ3v) is 9.28. The number of amides is 2. The molecule has 0 bridgehead atoms. The van der Waals surface area contributed by atoms with Gasteiger partial charge in [0.2, 0.25) is 12.7 Å². The molecule has 2 saturated heterocycles. The highest BCUT2D eigenvalue weighted by Crippen LogP contribution is 2.68. The van der Waals surface area contributed by atoms with E-state index in [0.29, 0.717) is 41.3 Å². The maximum Gasteiger partial charge on any atom is 0.251 e. The van der Waals surface area contributed by atoms with E-state index in [-0.39, 0.29) is 30.4 Å². The first kappa shape index (κ1) is 21.9. The normalized spacial score (nSPS) is 29.9. The molecular weight excluding hydrogens is 482 g/mol. The van der Waals surface area contributed by atoms with Crippen LogP contribution in [0.3, 0.4) is 0 Å². The third kappa shape index (κ3) is 2.29. The second kappa shape index (κ2) is 7.23. The zero-order valence-electron chi connectivity index (χ0n) is 20.7. The number of ketones is 1. The lowest BCUT2D eigenvalue weighted by Crippen LogP contribution is -2.62. The Morgan fingerprint density at radius 1 is 0.947 bits per heavy atom. The van der Waals surface area contributed by atoms with Crippen LogP contribution in [0.15, 0.2) is 60.7 Å². The summed E-state index contributed by atoms with van der Waals surface area (Å²) in [6.07, 6.45) is 1.56. The first-order valence-electron chi connectivity index (χ1n) is 13.0. The first-order chi connectivity index (χ1) is 18.5. The Labute approximate surface area is 218 Å². The summed E-state index contributed by atoms with van der Waals surface area (Å²) >= 11 is 0. The highest BCUT2D eigenvalue weighted by atomic mass is 16.7. The SMILES string of the molecule is Cc1cccc2c1NC(=O)[C@@]21N2CCC[C@@H]2[C@@H](C(=O)c2ccc3c(c2)OCO3)[C@@]12C(=O)Nc1ccccc12. The van der Waals surface area contributed by atoms with Crippen molar-refractivity contribution in [1.82, 2.24) is 4.90 Å². The summed E-state index contributed by atoms with van der Waals surface area (Å²) in [5.74, 6) is -0.413. The van der Waals surface area contributed by atoms with Gasteiger partial charge in [0.25, 0.3) is 5.91 Å². The number of Topliss-reactive ketones (excluding diaryl/α,β-unsaturated/α-hetero) is 1. The lowest BCUT2D eigenvalue weighted by atomic mass is 9.57. The molecule has 2 fully saturated rings. The molecule has 8 rings (SSSR count). The molecule has 5 heterocycles. The van der Waals surface area contributed by atoms with Crippen LogP contribution in [0.1, 0.15) is 39.9 Å². The van der Waals surface area contributed by atoms with Crippen molar-refractivity contribution in [3.63, 3.8) is 0 Å². The van der Waals surface area contributed by atoms with Gasteiger partial charge in [-0.3, -0.25) is 19.3 Å². The molecule has 190 valence electrons. The first-order valence-corrected chi connectivity index (χ1v) is 13.0. The van der Waals surface area contributed by atoms with Crippen molar-refractivity contribution in [3.8, 4) is 11.5 Å². The van der Waals surface area contributed by atoms with Gasteiger partial charge in [0.1, 0.15) is 11.0 Å². The van der Waals surface area contributed by atoms with Crippen molar-refractivity contribution in [2.45, 2.75) is 36.8 Å². The summed E-state index contributed by atoms with van der Waals surface area (Å²) in [4.78, 5) is 45.8. The molecule has 3 aromatic rings. The molecular formula is C30H25N3O5. The number of aryl methyl sites for hydroxylation is 1. The highest BCUT2D eigenvalue weighted by molar-refractivity contribution is 6.21. The van der Waals surface area contributed by atoms with Gasteiger partial charge in [0, 0.05) is 28.5 Å². The van der Waals surface area contributed by atoms with E-state index in [1.54, 1.807) is 18.2 Å². The van der Waals surface area contributed by atoms with Gasteiger partial charge < -0.3 is 20.1 Å². The Bertz CT molecular complexity index is 1600. The molecule has 0 radical (unpaired) electrons. The minimum absolute atomic E-state index is 0.103. The van der Waals surface area contributed by atoms with Gasteiger partial charge in [0.05, 0.1) is 5.92 Å².